The standard InChI is InChI=1S/C22H25N5O4/c1-13(2)31-22(30)26-8-6-16(7-9-26)27-20-12-23-18(11-19(20)24-25-27)17-5-4-15(21(28)29)10-14(17)3/h4-5,10-13,16H,6-9H2,1-3H3,(H,28,29). The number of aromatic carboxylic acids is 1. The highest BCUT2D eigenvalue weighted by Crippen LogP contribution is 2.28. The number of aromatic nitrogens is 4. The van der Waals surface area contributed by atoms with E-state index in [1.807, 2.05) is 31.5 Å². The second kappa shape index (κ2) is 8.33. The van der Waals surface area contributed by atoms with Gasteiger partial charge in [0.2, 0.25) is 0 Å². The molecule has 3 aromatic rings. The molecular formula is C22H25N5O4. The van der Waals surface area contributed by atoms with E-state index in [1.165, 1.54) is 0 Å². The maximum atomic E-state index is 12.1. The smallest absolute Gasteiger partial charge is 0.410 e. The van der Waals surface area contributed by atoms with Gasteiger partial charge in [-0.3, -0.25) is 4.98 Å². The second-order valence-electron chi connectivity index (χ2n) is 8.08. The van der Waals surface area contributed by atoms with Crippen molar-refractivity contribution in [1.82, 2.24) is 24.9 Å². The lowest BCUT2D eigenvalue weighted by atomic mass is 10.0. The van der Waals surface area contributed by atoms with E-state index >= 15 is 0 Å². The molecule has 1 aliphatic heterocycles. The van der Waals surface area contributed by atoms with Crippen LogP contribution in [-0.4, -0.2) is 61.2 Å². The van der Waals surface area contributed by atoms with E-state index in [2.05, 4.69) is 15.3 Å². The molecule has 9 heteroatoms. The summed E-state index contributed by atoms with van der Waals surface area (Å²) < 4.78 is 7.17. The van der Waals surface area contributed by atoms with Crippen LogP contribution in [0.15, 0.2) is 30.5 Å². The molecule has 1 aromatic carbocycles. The summed E-state index contributed by atoms with van der Waals surface area (Å²) >= 11 is 0. The Labute approximate surface area is 179 Å². The van der Waals surface area contributed by atoms with Crippen LogP contribution in [0.3, 0.4) is 0 Å². The first-order valence-corrected chi connectivity index (χ1v) is 10.3. The van der Waals surface area contributed by atoms with Gasteiger partial charge in [0.25, 0.3) is 0 Å². The van der Waals surface area contributed by atoms with Crippen molar-refractivity contribution in [2.45, 2.75) is 45.8 Å². The van der Waals surface area contributed by atoms with Crippen LogP contribution in [0.4, 0.5) is 4.79 Å². The number of ether oxygens (including phenoxy) is 1. The molecule has 31 heavy (non-hydrogen) atoms. The molecule has 162 valence electrons. The van der Waals surface area contributed by atoms with Crippen LogP contribution >= 0.6 is 0 Å². The number of carboxylic acids is 1. The van der Waals surface area contributed by atoms with Gasteiger partial charge in [0.15, 0.2) is 0 Å². The van der Waals surface area contributed by atoms with E-state index in [0.29, 0.717) is 13.1 Å². The molecule has 0 atom stereocenters. The number of hydrogen-bond donors (Lipinski definition) is 1. The first kappa shape index (κ1) is 20.8. The molecule has 0 aliphatic carbocycles. The number of amides is 1. The molecule has 3 heterocycles. The molecule has 0 spiro atoms. The van der Waals surface area contributed by atoms with Gasteiger partial charge in [-0.05, 0) is 57.4 Å². The summed E-state index contributed by atoms with van der Waals surface area (Å²) in [6, 6.07) is 6.99. The molecule has 1 aliphatic rings. The Balaban J connectivity index is 1.52. The molecule has 2 aromatic heterocycles. The molecular weight excluding hydrogens is 398 g/mol. The van der Waals surface area contributed by atoms with Gasteiger partial charge in [-0.2, -0.15) is 0 Å². The Morgan fingerprint density at radius 3 is 2.58 bits per heavy atom. The predicted octanol–water partition coefficient (Wildman–Crippen LogP) is 3.68. The van der Waals surface area contributed by atoms with Crippen molar-refractivity contribution in [2.75, 3.05) is 13.1 Å². The van der Waals surface area contributed by atoms with Crippen molar-refractivity contribution in [3.05, 3.63) is 41.6 Å². The SMILES string of the molecule is Cc1cc(C(=O)O)ccc1-c1cc2nnn(C3CCN(C(=O)OC(C)C)CC3)c2cn1. The zero-order chi connectivity index (χ0) is 22.1. The van der Waals surface area contributed by atoms with Gasteiger partial charge in [-0.25, -0.2) is 14.3 Å². The average Bonchev–Trinajstić information content (AvgIpc) is 3.16. The van der Waals surface area contributed by atoms with Crippen LogP contribution in [0.25, 0.3) is 22.3 Å². The fourth-order valence-corrected chi connectivity index (χ4v) is 3.91. The van der Waals surface area contributed by atoms with Crippen molar-refractivity contribution in [1.29, 1.82) is 0 Å². The van der Waals surface area contributed by atoms with Gasteiger partial charge < -0.3 is 14.7 Å². The van der Waals surface area contributed by atoms with Gasteiger partial charge >= 0.3 is 12.1 Å². The summed E-state index contributed by atoms with van der Waals surface area (Å²) in [5, 5.41) is 17.8. The molecule has 0 radical (unpaired) electrons. The van der Waals surface area contributed by atoms with E-state index in [9.17, 15) is 9.59 Å². The highest BCUT2D eigenvalue weighted by Gasteiger charge is 2.27. The topological polar surface area (TPSA) is 110 Å². The van der Waals surface area contributed by atoms with Gasteiger partial charge in [0.05, 0.1) is 29.6 Å². The lowest BCUT2D eigenvalue weighted by Crippen LogP contribution is -2.40. The predicted molar refractivity (Wildman–Crippen MR) is 114 cm³/mol. The van der Waals surface area contributed by atoms with Crippen molar-refractivity contribution < 1.29 is 19.4 Å². The van der Waals surface area contributed by atoms with Crippen LogP contribution in [0.1, 0.15) is 48.7 Å². The minimum absolute atomic E-state index is 0.131. The van der Waals surface area contributed by atoms with E-state index in [1.54, 1.807) is 29.3 Å². The lowest BCUT2D eigenvalue weighted by Gasteiger charge is -2.31. The number of carbonyl (C=O) groups is 2. The van der Waals surface area contributed by atoms with Gasteiger partial charge in [0, 0.05) is 18.7 Å². The van der Waals surface area contributed by atoms with Gasteiger partial charge in [0.1, 0.15) is 11.0 Å². The Morgan fingerprint density at radius 1 is 1.19 bits per heavy atom. The Hall–Kier alpha value is -3.49. The van der Waals surface area contributed by atoms with E-state index in [0.717, 1.165) is 40.7 Å². The molecule has 1 saturated heterocycles. The second-order valence-corrected chi connectivity index (χ2v) is 8.08. The summed E-state index contributed by atoms with van der Waals surface area (Å²) in [5.74, 6) is -0.954. The normalized spacial score (nSPS) is 14.9. The summed E-state index contributed by atoms with van der Waals surface area (Å²) in [6.45, 7) is 6.77. The van der Waals surface area contributed by atoms with Crippen molar-refractivity contribution in [3.8, 4) is 11.3 Å². The van der Waals surface area contributed by atoms with Crippen LogP contribution in [-0.2, 0) is 4.74 Å². The molecule has 9 nitrogen and oxygen atoms in total. The van der Waals surface area contributed by atoms with E-state index < -0.39 is 5.97 Å². The monoisotopic (exact) mass is 423 g/mol. The zero-order valence-electron chi connectivity index (χ0n) is 17.8. The number of pyridine rings is 1. The molecule has 0 bridgehead atoms. The number of rotatable bonds is 4. The average molecular weight is 423 g/mol. The maximum absolute atomic E-state index is 12.1. The lowest BCUT2D eigenvalue weighted by molar-refractivity contribution is 0.0653. The highest BCUT2D eigenvalue weighted by molar-refractivity contribution is 5.89. The van der Waals surface area contributed by atoms with Crippen LogP contribution in [0.2, 0.25) is 0 Å². The number of carboxylic acid groups (broad SMARTS) is 1. The minimum atomic E-state index is -0.954. The van der Waals surface area contributed by atoms with E-state index in [-0.39, 0.29) is 23.8 Å². The largest absolute Gasteiger partial charge is 0.478 e. The Bertz CT molecular complexity index is 1130. The fourth-order valence-electron chi connectivity index (χ4n) is 3.91. The number of piperidine rings is 1. The number of nitrogens with zero attached hydrogens (tertiary/aromatic N) is 5. The Morgan fingerprint density at radius 2 is 1.94 bits per heavy atom. The summed E-state index contributed by atoms with van der Waals surface area (Å²) in [6.07, 6.45) is 2.89. The minimum Gasteiger partial charge on any atom is -0.478 e. The summed E-state index contributed by atoms with van der Waals surface area (Å²) in [5.41, 5.74) is 4.23. The zero-order valence-corrected chi connectivity index (χ0v) is 17.8. The summed E-state index contributed by atoms with van der Waals surface area (Å²) in [4.78, 5) is 29.6. The third-order valence-corrected chi connectivity index (χ3v) is 5.51. The first-order valence-electron chi connectivity index (χ1n) is 10.3. The van der Waals surface area contributed by atoms with Gasteiger partial charge in [-0.15, -0.1) is 5.10 Å². The highest BCUT2D eigenvalue weighted by atomic mass is 16.6. The quantitative estimate of drug-likeness (QED) is 0.681. The molecule has 1 fully saturated rings. The fraction of sp³-hybridized carbons (Fsp3) is 0.409. The molecule has 0 saturated carbocycles. The number of fused-ring (bicyclic) bond motifs is 1. The molecule has 4 rings (SSSR count). The molecule has 1 amide bonds. The molecule has 1 N–H and O–H groups in total. The number of carbonyl (C=O) groups excluding carboxylic acids is 1. The van der Waals surface area contributed by atoms with Crippen molar-refractivity contribution in [2.24, 2.45) is 0 Å². The van der Waals surface area contributed by atoms with Crippen LogP contribution in [0, 0.1) is 6.92 Å². The number of benzene rings is 1. The first-order chi connectivity index (χ1) is 14.8. The number of aryl methyl sites for hydroxylation is 1. The van der Waals surface area contributed by atoms with E-state index in [4.69, 9.17) is 9.84 Å². The summed E-state index contributed by atoms with van der Waals surface area (Å²) in [7, 11) is 0. The van der Waals surface area contributed by atoms with Crippen LogP contribution < -0.4 is 0 Å². The maximum Gasteiger partial charge on any atom is 0.410 e. The number of likely N-dealkylation sites (tertiary alicyclic amines) is 1. The number of hydrogen-bond acceptors (Lipinski definition) is 6. The van der Waals surface area contributed by atoms with Crippen molar-refractivity contribution in [3.63, 3.8) is 0 Å². The van der Waals surface area contributed by atoms with Gasteiger partial charge in [-0.1, -0.05) is 11.3 Å². The van der Waals surface area contributed by atoms with Crippen molar-refractivity contribution >= 4 is 23.1 Å². The third kappa shape index (κ3) is 4.21. The molecule has 0 unspecified atom stereocenters. The Kier molecular flexibility index (Phi) is 5.58. The van der Waals surface area contributed by atoms with Crippen LogP contribution in [0.5, 0.6) is 0 Å². The third-order valence-electron chi connectivity index (χ3n) is 5.51.